The number of carbonyl (C=O) groups excluding carboxylic acids is 3. The van der Waals surface area contributed by atoms with Crippen LogP contribution in [-0.4, -0.2) is 35.1 Å². The predicted octanol–water partition coefficient (Wildman–Crippen LogP) is 1.31. The van der Waals surface area contributed by atoms with E-state index in [0.29, 0.717) is 11.5 Å². The van der Waals surface area contributed by atoms with Gasteiger partial charge < -0.3 is 9.57 Å². The molecule has 0 N–H and O–H groups in total. The predicted molar refractivity (Wildman–Crippen MR) is 66.6 cm³/mol. The molecule has 0 aliphatic carbocycles. The van der Waals surface area contributed by atoms with Gasteiger partial charge in [-0.05, 0) is 31.9 Å². The van der Waals surface area contributed by atoms with Gasteiger partial charge in [0, 0.05) is 0 Å². The summed E-state index contributed by atoms with van der Waals surface area (Å²) in [4.78, 5) is 40.8. The second-order valence-corrected chi connectivity index (χ2v) is 4.87. The first-order chi connectivity index (χ1) is 9.58. The summed E-state index contributed by atoms with van der Waals surface area (Å²) < 4.78 is 5.36. The number of benzene rings is 1. The number of imide groups is 1. The lowest BCUT2D eigenvalue weighted by Gasteiger charge is -2.15. The summed E-state index contributed by atoms with van der Waals surface area (Å²) in [5, 5.41) is 0.513. The monoisotopic (exact) mass is 275 g/mol. The van der Waals surface area contributed by atoms with Crippen LogP contribution in [0.15, 0.2) is 24.3 Å². The lowest BCUT2D eigenvalue weighted by Crippen LogP contribution is -2.36. The molecule has 0 unspecified atom stereocenters. The summed E-state index contributed by atoms with van der Waals surface area (Å²) in [5.74, 6) is -1.95. The van der Waals surface area contributed by atoms with Gasteiger partial charge in [-0.1, -0.05) is 17.2 Å². The SMILES string of the molecule is C[C@H]1CC[C@@H](C(=O)ON2C(=O)c3ccccc3C2=O)O1. The molecular formula is C14H13NO5. The Kier molecular flexibility index (Phi) is 3.02. The third-order valence-corrected chi connectivity index (χ3v) is 3.43. The molecule has 1 fully saturated rings. The minimum Gasteiger partial charge on any atom is -0.363 e. The fourth-order valence-corrected chi connectivity index (χ4v) is 2.37. The maximum Gasteiger partial charge on any atom is 0.361 e. The average Bonchev–Trinajstić information content (AvgIpc) is 2.98. The van der Waals surface area contributed by atoms with E-state index < -0.39 is 23.9 Å². The van der Waals surface area contributed by atoms with Crippen molar-refractivity contribution >= 4 is 17.8 Å². The Balaban J connectivity index is 1.75. The summed E-state index contributed by atoms with van der Waals surface area (Å²) >= 11 is 0. The molecule has 2 amide bonds. The third kappa shape index (κ3) is 1.98. The molecule has 6 heteroatoms. The Morgan fingerprint density at radius 1 is 1.20 bits per heavy atom. The lowest BCUT2D eigenvalue weighted by molar-refractivity contribution is -0.180. The van der Waals surface area contributed by atoms with Crippen molar-refractivity contribution in [1.29, 1.82) is 0 Å². The van der Waals surface area contributed by atoms with Gasteiger partial charge in [0.2, 0.25) is 0 Å². The zero-order valence-electron chi connectivity index (χ0n) is 10.9. The molecular weight excluding hydrogens is 262 g/mol. The highest BCUT2D eigenvalue weighted by Crippen LogP contribution is 2.25. The van der Waals surface area contributed by atoms with E-state index in [1.807, 2.05) is 6.92 Å². The molecule has 1 aromatic rings. The summed E-state index contributed by atoms with van der Waals surface area (Å²) in [5.41, 5.74) is 0.483. The van der Waals surface area contributed by atoms with Crippen molar-refractivity contribution < 1.29 is 24.0 Å². The fraction of sp³-hybridized carbons (Fsp3) is 0.357. The Labute approximate surface area is 115 Å². The zero-order valence-corrected chi connectivity index (χ0v) is 10.9. The highest BCUT2D eigenvalue weighted by molar-refractivity contribution is 6.20. The van der Waals surface area contributed by atoms with Crippen LogP contribution in [0, 0.1) is 0 Å². The van der Waals surface area contributed by atoms with Gasteiger partial charge in [0.15, 0.2) is 6.10 Å². The van der Waals surface area contributed by atoms with Gasteiger partial charge in [-0.15, -0.1) is 0 Å². The quantitative estimate of drug-likeness (QED) is 0.761. The summed E-state index contributed by atoms with van der Waals surface area (Å²) in [6.45, 7) is 1.86. The van der Waals surface area contributed by atoms with Crippen LogP contribution in [0.3, 0.4) is 0 Å². The number of hydrogen-bond donors (Lipinski definition) is 0. The van der Waals surface area contributed by atoms with Crippen molar-refractivity contribution in [2.75, 3.05) is 0 Å². The normalized spacial score (nSPS) is 24.9. The van der Waals surface area contributed by atoms with Gasteiger partial charge in [-0.25, -0.2) is 4.79 Å². The molecule has 0 saturated carbocycles. The molecule has 2 aliphatic rings. The van der Waals surface area contributed by atoms with E-state index in [-0.39, 0.29) is 17.2 Å². The molecule has 0 bridgehead atoms. The van der Waals surface area contributed by atoms with Crippen molar-refractivity contribution in [2.45, 2.75) is 32.0 Å². The maximum absolute atomic E-state index is 12.0. The molecule has 0 aromatic heterocycles. The Morgan fingerprint density at radius 2 is 1.80 bits per heavy atom. The standard InChI is InChI=1S/C14H13NO5/c1-8-6-7-11(19-8)14(18)20-15-12(16)9-4-2-3-5-10(9)13(15)17/h2-5,8,11H,6-7H2,1H3/t8-,11-/m0/s1. The zero-order chi connectivity index (χ0) is 14.3. The van der Waals surface area contributed by atoms with Crippen LogP contribution in [0.5, 0.6) is 0 Å². The minimum absolute atomic E-state index is 0.0188. The summed E-state index contributed by atoms with van der Waals surface area (Å²) in [6.07, 6.45) is 0.550. The molecule has 2 heterocycles. The molecule has 104 valence electrons. The van der Waals surface area contributed by atoms with Gasteiger partial charge in [-0.2, -0.15) is 0 Å². The fourth-order valence-electron chi connectivity index (χ4n) is 2.37. The van der Waals surface area contributed by atoms with E-state index in [9.17, 15) is 14.4 Å². The van der Waals surface area contributed by atoms with Gasteiger partial charge in [-0.3, -0.25) is 9.59 Å². The first-order valence-corrected chi connectivity index (χ1v) is 6.43. The van der Waals surface area contributed by atoms with E-state index >= 15 is 0 Å². The van der Waals surface area contributed by atoms with Gasteiger partial charge in [0.05, 0.1) is 17.2 Å². The molecule has 0 spiro atoms. The third-order valence-electron chi connectivity index (χ3n) is 3.43. The maximum atomic E-state index is 12.0. The Morgan fingerprint density at radius 3 is 2.30 bits per heavy atom. The Hall–Kier alpha value is -2.21. The van der Waals surface area contributed by atoms with E-state index in [1.54, 1.807) is 12.1 Å². The topological polar surface area (TPSA) is 72.9 Å². The molecule has 1 aromatic carbocycles. The van der Waals surface area contributed by atoms with Crippen LogP contribution in [0.25, 0.3) is 0 Å². The van der Waals surface area contributed by atoms with Crippen molar-refractivity contribution in [3.63, 3.8) is 0 Å². The molecule has 3 rings (SSSR count). The number of hydrogen-bond acceptors (Lipinski definition) is 5. The van der Waals surface area contributed by atoms with Crippen LogP contribution in [0.2, 0.25) is 0 Å². The van der Waals surface area contributed by atoms with Crippen molar-refractivity contribution in [3.8, 4) is 0 Å². The van der Waals surface area contributed by atoms with Gasteiger partial charge >= 0.3 is 5.97 Å². The van der Waals surface area contributed by atoms with E-state index in [0.717, 1.165) is 6.42 Å². The van der Waals surface area contributed by atoms with Gasteiger partial charge in [0.25, 0.3) is 11.8 Å². The second kappa shape index (κ2) is 4.72. The molecule has 2 atom stereocenters. The number of rotatable bonds is 2. The first kappa shape index (κ1) is 12.8. The number of hydroxylamine groups is 2. The molecule has 6 nitrogen and oxygen atoms in total. The summed E-state index contributed by atoms with van der Waals surface area (Å²) in [7, 11) is 0. The second-order valence-electron chi connectivity index (χ2n) is 4.87. The van der Waals surface area contributed by atoms with Crippen molar-refractivity contribution in [1.82, 2.24) is 5.06 Å². The van der Waals surface area contributed by atoms with Crippen LogP contribution >= 0.6 is 0 Å². The molecule has 1 saturated heterocycles. The van der Waals surface area contributed by atoms with E-state index in [2.05, 4.69) is 0 Å². The van der Waals surface area contributed by atoms with Crippen LogP contribution < -0.4 is 0 Å². The molecule has 20 heavy (non-hydrogen) atoms. The number of amides is 2. The highest BCUT2D eigenvalue weighted by atomic mass is 16.7. The highest BCUT2D eigenvalue weighted by Gasteiger charge is 2.40. The van der Waals surface area contributed by atoms with E-state index in [1.165, 1.54) is 12.1 Å². The smallest absolute Gasteiger partial charge is 0.361 e. The van der Waals surface area contributed by atoms with Crippen LogP contribution in [-0.2, 0) is 14.4 Å². The average molecular weight is 275 g/mol. The Bertz CT molecular complexity index is 562. The number of ether oxygens (including phenoxy) is 1. The molecule has 0 radical (unpaired) electrons. The van der Waals surface area contributed by atoms with Crippen LogP contribution in [0.4, 0.5) is 0 Å². The molecule has 2 aliphatic heterocycles. The summed E-state index contributed by atoms with van der Waals surface area (Å²) in [6, 6.07) is 6.35. The number of fused-ring (bicyclic) bond motifs is 1. The number of carbonyl (C=O) groups is 3. The number of nitrogens with zero attached hydrogens (tertiary/aromatic N) is 1. The van der Waals surface area contributed by atoms with Crippen molar-refractivity contribution in [3.05, 3.63) is 35.4 Å². The lowest BCUT2D eigenvalue weighted by atomic mass is 10.1. The van der Waals surface area contributed by atoms with Gasteiger partial charge in [0.1, 0.15) is 0 Å². The van der Waals surface area contributed by atoms with Crippen LogP contribution in [0.1, 0.15) is 40.5 Å². The van der Waals surface area contributed by atoms with Crippen molar-refractivity contribution in [2.24, 2.45) is 0 Å². The van der Waals surface area contributed by atoms with E-state index in [4.69, 9.17) is 9.57 Å². The largest absolute Gasteiger partial charge is 0.363 e. The first-order valence-electron chi connectivity index (χ1n) is 6.43. The minimum atomic E-state index is -0.714.